The predicted octanol–water partition coefficient (Wildman–Crippen LogP) is 1.97. The van der Waals surface area contributed by atoms with Crippen LogP contribution in [0.15, 0.2) is 30.5 Å². The van der Waals surface area contributed by atoms with Crippen LogP contribution in [0.1, 0.15) is 11.6 Å². The van der Waals surface area contributed by atoms with Gasteiger partial charge in [-0.2, -0.15) is 4.98 Å². The summed E-state index contributed by atoms with van der Waals surface area (Å²) in [5.74, 6) is 1.26. The summed E-state index contributed by atoms with van der Waals surface area (Å²) in [6, 6.07) is 7.39. The number of fused-ring (bicyclic) bond motifs is 1. The minimum Gasteiger partial charge on any atom is -0.491 e. The summed E-state index contributed by atoms with van der Waals surface area (Å²) in [6.07, 6.45) is 1.18. The number of ether oxygens (including phenoxy) is 1. The van der Waals surface area contributed by atoms with Crippen molar-refractivity contribution in [3.8, 4) is 5.75 Å². The van der Waals surface area contributed by atoms with Crippen molar-refractivity contribution in [2.24, 2.45) is 0 Å². The second kappa shape index (κ2) is 5.23. The Kier molecular flexibility index (Phi) is 3.27. The lowest BCUT2D eigenvalue weighted by Crippen LogP contribution is -2.15. The summed E-state index contributed by atoms with van der Waals surface area (Å²) in [7, 11) is 1.65. The quantitative estimate of drug-likeness (QED) is 0.654. The van der Waals surface area contributed by atoms with Crippen molar-refractivity contribution < 1.29 is 9.66 Å². The van der Waals surface area contributed by atoms with Gasteiger partial charge in [0.15, 0.2) is 0 Å². The molecule has 0 fully saturated rings. The van der Waals surface area contributed by atoms with Crippen LogP contribution in [0.25, 0.3) is 0 Å². The number of hydrogen-bond acceptors (Lipinski definition) is 7. The van der Waals surface area contributed by atoms with Gasteiger partial charge >= 0.3 is 5.69 Å². The number of nitrogens with one attached hydrogen (secondary N) is 2. The highest BCUT2D eigenvalue weighted by molar-refractivity contribution is 5.59. The zero-order chi connectivity index (χ0) is 14.8. The van der Waals surface area contributed by atoms with Crippen LogP contribution >= 0.6 is 0 Å². The summed E-state index contributed by atoms with van der Waals surface area (Å²) in [5.41, 5.74) is 0.787. The van der Waals surface area contributed by atoms with Crippen LogP contribution in [0.4, 0.5) is 17.5 Å². The molecule has 1 unspecified atom stereocenters. The van der Waals surface area contributed by atoms with E-state index in [0.717, 1.165) is 11.3 Å². The van der Waals surface area contributed by atoms with Crippen molar-refractivity contribution in [3.63, 3.8) is 0 Å². The lowest BCUT2D eigenvalue weighted by Gasteiger charge is -2.12. The maximum atomic E-state index is 11.1. The molecule has 0 amide bonds. The number of rotatable bonds is 4. The predicted molar refractivity (Wildman–Crippen MR) is 76.5 cm³/mol. The zero-order valence-corrected chi connectivity index (χ0v) is 11.2. The van der Waals surface area contributed by atoms with Crippen LogP contribution in [0.3, 0.4) is 0 Å². The Bertz CT molecular complexity index is 691. The second-order valence-corrected chi connectivity index (χ2v) is 4.48. The third-order valence-electron chi connectivity index (χ3n) is 3.20. The maximum Gasteiger partial charge on any atom is 0.329 e. The van der Waals surface area contributed by atoms with Crippen molar-refractivity contribution in [3.05, 3.63) is 46.1 Å². The monoisotopic (exact) mass is 287 g/mol. The first-order valence-corrected chi connectivity index (χ1v) is 6.36. The van der Waals surface area contributed by atoms with E-state index in [2.05, 4.69) is 20.6 Å². The van der Waals surface area contributed by atoms with Crippen molar-refractivity contribution in [1.29, 1.82) is 0 Å². The van der Waals surface area contributed by atoms with Gasteiger partial charge in [-0.1, -0.05) is 18.2 Å². The Morgan fingerprint density at radius 2 is 2.24 bits per heavy atom. The first kappa shape index (κ1) is 13.1. The lowest BCUT2D eigenvalue weighted by molar-refractivity contribution is -0.384. The van der Waals surface area contributed by atoms with Crippen molar-refractivity contribution in [2.75, 3.05) is 24.3 Å². The van der Waals surface area contributed by atoms with E-state index < -0.39 is 4.92 Å². The molecule has 3 rings (SSSR count). The van der Waals surface area contributed by atoms with Crippen molar-refractivity contribution in [2.45, 2.75) is 6.04 Å². The molecule has 8 nitrogen and oxygen atoms in total. The average Bonchev–Trinajstić information content (AvgIpc) is 2.90. The summed E-state index contributed by atoms with van der Waals surface area (Å²) in [4.78, 5) is 18.5. The summed E-state index contributed by atoms with van der Waals surface area (Å²) >= 11 is 0. The Labute approximate surface area is 120 Å². The van der Waals surface area contributed by atoms with Crippen LogP contribution in [0.5, 0.6) is 5.75 Å². The van der Waals surface area contributed by atoms with Gasteiger partial charge in [-0.25, -0.2) is 4.98 Å². The molecule has 108 valence electrons. The average molecular weight is 287 g/mol. The van der Waals surface area contributed by atoms with Gasteiger partial charge in [-0.15, -0.1) is 0 Å². The zero-order valence-electron chi connectivity index (χ0n) is 11.2. The van der Waals surface area contributed by atoms with Gasteiger partial charge in [0.25, 0.3) is 0 Å². The lowest BCUT2D eigenvalue weighted by atomic mass is 10.1. The van der Waals surface area contributed by atoms with E-state index in [1.807, 2.05) is 24.3 Å². The third-order valence-corrected chi connectivity index (χ3v) is 3.20. The molecule has 2 N–H and O–H groups in total. The number of para-hydroxylation sites is 1. The van der Waals surface area contributed by atoms with E-state index in [4.69, 9.17) is 4.74 Å². The SMILES string of the molecule is CNc1ncc([N+](=O)[O-])c(NC2COc3ccccc32)n1. The molecule has 1 aromatic heterocycles. The highest BCUT2D eigenvalue weighted by Gasteiger charge is 2.27. The van der Waals surface area contributed by atoms with Gasteiger partial charge in [0.05, 0.1) is 11.0 Å². The topological polar surface area (TPSA) is 102 Å². The Morgan fingerprint density at radius 3 is 3.00 bits per heavy atom. The standard InChI is InChI=1S/C13H13N5O3/c1-14-13-15-6-10(18(19)20)12(17-13)16-9-7-21-11-5-3-2-4-8(9)11/h2-6,9H,7H2,1H3,(H2,14,15,16,17). The smallest absolute Gasteiger partial charge is 0.329 e. The molecule has 1 aliphatic rings. The normalized spacial score (nSPS) is 16.0. The Hall–Kier alpha value is -2.90. The van der Waals surface area contributed by atoms with Gasteiger partial charge in [-0.05, 0) is 6.07 Å². The molecule has 2 aromatic rings. The number of hydrogen-bond donors (Lipinski definition) is 2. The molecule has 0 aliphatic carbocycles. The third kappa shape index (κ3) is 2.42. The largest absolute Gasteiger partial charge is 0.491 e. The second-order valence-electron chi connectivity index (χ2n) is 4.48. The highest BCUT2D eigenvalue weighted by Crippen LogP contribution is 2.35. The number of benzene rings is 1. The van der Waals surface area contributed by atoms with Crippen LogP contribution in [-0.4, -0.2) is 28.5 Å². The Morgan fingerprint density at radius 1 is 1.43 bits per heavy atom. The fraction of sp³-hybridized carbons (Fsp3) is 0.231. The van der Waals surface area contributed by atoms with Crippen LogP contribution in [0, 0.1) is 10.1 Å². The summed E-state index contributed by atoms with van der Waals surface area (Å²) in [5, 5.41) is 16.9. The molecule has 21 heavy (non-hydrogen) atoms. The van der Waals surface area contributed by atoms with E-state index in [1.54, 1.807) is 7.05 Å². The molecule has 0 saturated heterocycles. The first-order chi connectivity index (χ1) is 10.2. The highest BCUT2D eigenvalue weighted by atomic mass is 16.6. The molecule has 0 radical (unpaired) electrons. The molecule has 1 atom stereocenters. The van der Waals surface area contributed by atoms with Gasteiger partial charge in [0, 0.05) is 12.6 Å². The van der Waals surface area contributed by atoms with E-state index >= 15 is 0 Å². The minimum absolute atomic E-state index is 0.168. The van der Waals surface area contributed by atoms with Crippen LogP contribution < -0.4 is 15.4 Å². The van der Waals surface area contributed by atoms with E-state index in [-0.39, 0.29) is 17.5 Å². The molecule has 1 aliphatic heterocycles. The fourth-order valence-corrected chi connectivity index (χ4v) is 2.18. The van der Waals surface area contributed by atoms with Crippen molar-refractivity contribution >= 4 is 17.5 Å². The fourth-order valence-electron chi connectivity index (χ4n) is 2.18. The number of aromatic nitrogens is 2. The molecule has 0 bridgehead atoms. The van der Waals surface area contributed by atoms with Gasteiger partial charge in [-0.3, -0.25) is 10.1 Å². The molecule has 1 aromatic carbocycles. The molecular formula is C13H13N5O3. The maximum absolute atomic E-state index is 11.1. The summed E-state index contributed by atoms with van der Waals surface area (Å²) in [6.45, 7) is 0.398. The molecule has 0 saturated carbocycles. The van der Waals surface area contributed by atoms with Crippen LogP contribution in [-0.2, 0) is 0 Å². The number of anilines is 2. The first-order valence-electron chi connectivity index (χ1n) is 6.36. The van der Waals surface area contributed by atoms with Crippen LogP contribution in [0.2, 0.25) is 0 Å². The number of nitro groups is 1. The van der Waals surface area contributed by atoms with E-state index in [0.29, 0.717) is 12.6 Å². The number of nitrogens with zero attached hydrogens (tertiary/aromatic N) is 3. The molecule has 8 heteroatoms. The minimum atomic E-state index is -0.510. The molecule has 0 spiro atoms. The van der Waals surface area contributed by atoms with E-state index in [9.17, 15) is 10.1 Å². The van der Waals surface area contributed by atoms with Gasteiger partial charge in [0.2, 0.25) is 11.8 Å². The molecule has 2 heterocycles. The van der Waals surface area contributed by atoms with E-state index in [1.165, 1.54) is 6.20 Å². The van der Waals surface area contributed by atoms with Gasteiger partial charge in [0.1, 0.15) is 18.6 Å². The van der Waals surface area contributed by atoms with Gasteiger partial charge < -0.3 is 15.4 Å². The summed E-state index contributed by atoms with van der Waals surface area (Å²) < 4.78 is 5.55. The Balaban J connectivity index is 1.93. The molecular weight excluding hydrogens is 274 g/mol. The van der Waals surface area contributed by atoms with Crippen molar-refractivity contribution in [1.82, 2.24) is 9.97 Å².